The van der Waals surface area contributed by atoms with Crippen LogP contribution < -0.4 is 0 Å². The smallest absolute Gasteiger partial charge is 0.398 e. The topological polar surface area (TPSA) is 61.2 Å². The first-order chi connectivity index (χ1) is 14.1. The second kappa shape index (κ2) is 7.51. The number of aromatic nitrogens is 2. The van der Waals surface area contributed by atoms with Crippen LogP contribution in [0.15, 0.2) is 18.2 Å². The van der Waals surface area contributed by atoms with Gasteiger partial charge in [0.05, 0.1) is 34.7 Å². The molecule has 0 bridgehead atoms. The van der Waals surface area contributed by atoms with Crippen molar-refractivity contribution >= 4 is 46.1 Å². The average molecular weight is 553 g/mol. The van der Waals surface area contributed by atoms with Crippen molar-refractivity contribution in [1.82, 2.24) is 9.78 Å². The van der Waals surface area contributed by atoms with Gasteiger partial charge in [-0.1, -0.05) is 23.7 Å². The van der Waals surface area contributed by atoms with Crippen LogP contribution in [0.4, 0.5) is 13.2 Å². The summed E-state index contributed by atoms with van der Waals surface area (Å²) in [6.45, 7) is 0. The van der Waals surface area contributed by atoms with Crippen molar-refractivity contribution in [3.05, 3.63) is 49.3 Å². The van der Waals surface area contributed by atoms with Crippen molar-refractivity contribution in [3.8, 4) is 0 Å². The number of fused-ring (bicyclic) bond motifs is 1. The van der Waals surface area contributed by atoms with Gasteiger partial charge in [0.25, 0.3) is 5.91 Å². The molecule has 1 aromatic heterocycles. The van der Waals surface area contributed by atoms with E-state index >= 15 is 0 Å². The number of methoxy groups -OCH3 is 1. The Morgan fingerprint density at radius 2 is 2.03 bits per heavy atom. The molecule has 0 aliphatic heterocycles. The highest BCUT2D eigenvalue weighted by atomic mass is 127. The molecule has 1 atom stereocenters. The first-order valence-electron chi connectivity index (χ1n) is 9.35. The molecule has 1 heterocycles. The molecule has 10 heteroatoms. The molecular weight excluding hydrogens is 536 g/mol. The summed E-state index contributed by atoms with van der Waals surface area (Å²) in [7, 11) is 1.30. The Bertz CT molecular complexity index is 1050. The number of ether oxygens (including phenoxy) is 1. The fourth-order valence-corrected chi connectivity index (χ4v) is 5.23. The van der Waals surface area contributed by atoms with Crippen LogP contribution in [0.2, 0.25) is 5.02 Å². The average Bonchev–Trinajstić information content (AvgIpc) is 3.46. The summed E-state index contributed by atoms with van der Waals surface area (Å²) in [6, 6.07) is 4.15. The summed E-state index contributed by atoms with van der Waals surface area (Å²) in [5.74, 6) is -1.53. The van der Waals surface area contributed by atoms with Gasteiger partial charge < -0.3 is 4.74 Å². The highest BCUT2D eigenvalue weighted by Crippen LogP contribution is 2.60. The zero-order valence-electron chi connectivity index (χ0n) is 15.9. The van der Waals surface area contributed by atoms with Crippen LogP contribution in [-0.2, 0) is 27.8 Å². The molecular formula is C20H17ClF3IN2O3. The molecule has 0 saturated heterocycles. The van der Waals surface area contributed by atoms with Gasteiger partial charge >= 0.3 is 12.1 Å². The molecule has 4 rings (SSSR count). The number of hydrogen-bond acceptors (Lipinski definition) is 4. The maximum atomic E-state index is 13.8. The minimum Gasteiger partial charge on any atom is -0.469 e. The number of nitrogens with zero attached hydrogens (tertiary/aromatic N) is 2. The molecule has 0 spiro atoms. The largest absolute Gasteiger partial charge is 0.469 e. The SMILES string of the molecule is COC(=O)C1CCc2c(I)nn(C(=O)c3c(Cl)cccc3C3(C(F)(F)F)CC3)c2C1. The molecule has 2 aromatic rings. The van der Waals surface area contributed by atoms with Crippen molar-refractivity contribution in [3.63, 3.8) is 0 Å². The van der Waals surface area contributed by atoms with E-state index in [0.717, 1.165) is 10.2 Å². The van der Waals surface area contributed by atoms with E-state index in [1.54, 1.807) is 0 Å². The van der Waals surface area contributed by atoms with E-state index in [0.29, 0.717) is 22.2 Å². The molecule has 1 fully saturated rings. The third-order valence-corrected chi connectivity index (χ3v) is 7.17. The summed E-state index contributed by atoms with van der Waals surface area (Å²) in [6.07, 6.45) is -3.34. The number of carbonyl (C=O) groups excluding carboxylic acids is 2. The minimum absolute atomic E-state index is 0.0485. The Balaban J connectivity index is 1.81. The van der Waals surface area contributed by atoms with E-state index in [1.165, 1.54) is 25.3 Å². The van der Waals surface area contributed by atoms with Gasteiger partial charge in [0.1, 0.15) is 3.70 Å². The number of halogens is 5. The normalized spacial score (nSPS) is 19.9. The number of hydrogen-bond donors (Lipinski definition) is 0. The predicted octanol–water partition coefficient (Wildman–Crippen LogP) is 4.70. The molecule has 1 aromatic carbocycles. The lowest BCUT2D eigenvalue weighted by molar-refractivity contribution is -0.160. The summed E-state index contributed by atoms with van der Waals surface area (Å²) >= 11 is 8.24. The second-order valence-electron chi connectivity index (χ2n) is 7.64. The van der Waals surface area contributed by atoms with E-state index in [1.807, 2.05) is 22.6 Å². The van der Waals surface area contributed by atoms with Gasteiger partial charge in [0.2, 0.25) is 0 Å². The zero-order valence-corrected chi connectivity index (χ0v) is 18.8. The fourth-order valence-electron chi connectivity index (χ4n) is 4.18. The van der Waals surface area contributed by atoms with Crippen LogP contribution in [0.3, 0.4) is 0 Å². The first kappa shape index (κ1) is 21.6. The number of benzene rings is 1. The number of esters is 1. The van der Waals surface area contributed by atoms with Crippen LogP contribution >= 0.6 is 34.2 Å². The van der Waals surface area contributed by atoms with E-state index in [-0.39, 0.29) is 41.4 Å². The Morgan fingerprint density at radius 1 is 1.33 bits per heavy atom. The summed E-state index contributed by atoms with van der Waals surface area (Å²) in [5.41, 5.74) is -1.01. The molecule has 2 aliphatic carbocycles. The van der Waals surface area contributed by atoms with Crippen molar-refractivity contribution in [2.24, 2.45) is 5.92 Å². The number of carbonyl (C=O) groups is 2. The molecule has 0 N–H and O–H groups in total. The molecule has 2 aliphatic rings. The molecule has 0 amide bonds. The van der Waals surface area contributed by atoms with E-state index in [4.69, 9.17) is 16.3 Å². The van der Waals surface area contributed by atoms with Crippen LogP contribution in [0.5, 0.6) is 0 Å². The van der Waals surface area contributed by atoms with Crippen molar-refractivity contribution in [2.45, 2.75) is 43.7 Å². The van der Waals surface area contributed by atoms with E-state index < -0.39 is 23.4 Å². The molecule has 0 radical (unpaired) electrons. The minimum atomic E-state index is -4.49. The van der Waals surface area contributed by atoms with Gasteiger partial charge in [-0.3, -0.25) is 9.59 Å². The van der Waals surface area contributed by atoms with E-state index in [2.05, 4.69) is 5.10 Å². The van der Waals surface area contributed by atoms with Gasteiger partial charge in [0, 0.05) is 12.0 Å². The number of alkyl halides is 3. The van der Waals surface area contributed by atoms with Gasteiger partial charge in [-0.15, -0.1) is 0 Å². The Morgan fingerprint density at radius 3 is 2.63 bits per heavy atom. The van der Waals surface area contributed by atoms with Crippen LogP contribution in [0.1, 0.15) is 46.4 Å². The molecule has 160 valence electrons. The van der Waals surface area contributed by atoms with Gasteiger partial charge in [-0.05, 0) is 59.9 Å². The Labute approximate surface area is 189 Å². The lowest BCUT2D eigenvalue weighted by atomic mass is 9.87. The van der Waals surface area contributed by atoms with Gasteiger partial charge in [0.15, 0.2) is 0 Å². The highest BCUT2D eigenvalue weighted by Gasteiger charge is 2.65. The molecule has 5 nitrogen and oxygen atoms in total. The Kier molecular flexibility index (Phi) is 5.41. The summed E-state index contributed by atoms with van der Waals surface area (Å²) < 4.78 is 47.9. The zero-order chi connectivity index (χ0) is 21.8. The van der Waals surface area contributed by atoms with Crippen LogP contribution in [-0.4, -0.2) is 34.9 Å². The molecule has 1 saturated carbocycles. The van der Waals surface area contributed by atoms with Gasteiger partial charge in [-0.2, -0.15) is 23.0 Å². The summed E-state index contributed by atoms with van der Waals surface area (Å²) in [5, 5.41) is 4.25. The van der Waals surface area contributed by atoms with Crippen molar-refractivity contribution in [2.75, 3.05) is 7.11 Å². The number of rotatable bonds is 3. The highest BCUT2D eigenvalue weighted by molar-refractivity contribution is 14.1. The molecule has 1 unspecified atom stereocenters. The standard InChI is InChI=1S/C20H17ClF3IN2O3/c1-30-18(29)10-5-6-11-14(9-10)27(26-16(11)25)17(28)15-12(3-2-4-13(15)21)19(7-8-19)20(22,23)24/h2-4,10H,5-9H2,1H3. The quantitative estimate of drug-likeness (QED) is 0.409. The summed E-state index contributed by atoms with van der Waals surface area (Å²) in [4.78, 5) is 25.5. The predicted molar refractivity (Wildman–Crippen MR) is 111 cm³/mol. The van der Waals surface area contributed by atoms with Crippen molar-refractivity contribution < 1.29 is 27.5 Å². The maximum absolute atomic E-state index is 13.8. The van der Waals surface area contributed by atoms with Crippen LogP contribution in [0.25, 0.3) is 0 Å². The van der Waals surface area contributed by atoms with Crippen LogP contribution in [0, 0.1) is 9.62 Å². The molecule has 30 heavy (non-hydrogen) atoms. The second-order valence-corrected chi connectivity index (χ2v) is 9.07. The van der Waals surface area contributed by atoms with Gasteiger partial charge in [-0.25, -0.2) is 0 Å². The van der Waals surface area contributed by atoms with E-state index in [9.17, 15) is 22.8 Å². The maximum Gasteiger partial charge on any atom is 0.398 e. The lowest BCUT2D eigenvalue weighted by Gasteiger charge is -2.24. The third-order valence-electron chi connectivity index (χ3n) is 5.99. The monoisotopic (exact) mass is 552 g/mol. The first-order valence-corrected chi connectivity index (χ1v) is 10.8. The lowest BCUT2D eigenvalue weighted by Crippen LogP contribution is -2.32. The fraction of sp³-hybridized carbons (Fsp3) is 0.450. The Hall–Kier alpha value is -1.62. The third kappa shape index (κ3) is 3.34. The van der Waals surface area contributed by atoms with Crippen molar-refractivity contribution in [1.29, 1.82) is 0 Å².